The fourth-order valence-corrected chi connectivity index (χ4v) is 2.78. The highest BCUT2D eigenvalue weighted by Gasteiger charge is 2.12. The number of para-hydroxylation sites is 3. The molecule has 7 nitrogen and oxygen atoms in total. The number of benzene rings is 2. The minimum absolute atomic E-state index is 0.0300. The molecule has 0 spiro atoms. The molecule has 0 atom stereocenters. The van der Waals surface area contributed by atoms with E-state index in [0.29, 0.717) is 0 Å². The van der Waals surface area contributed by atoms with E-state index in [9.17, 15) is 17.2 Å². The van der Waals surface area contributed by atoms with E-state index in [1.165, 1.54) is 24.3 Å². The van der Waals surface area contributed by atoms with E-state index >= 15 is 0 Å². The number of nitrogens with one attached hydrogen (secondary N) is 3. The van der Waals surface area contributed by atoms with Crippen LogP contribution in [0.2, 0.25) is 0 Å². The van der Waals surface area contributed by atoms with Gasteiger partial charge >= 0.3 is 0 Å². The van der Waals surface area contributed by atoms with Crippen LogP contribution in [-0.4, -0.2) is 24.6 Å². The molecule has 0 radical (unpaired) electrons. The Morgan fingerprint density at radius 1 is 0.852 bits per heavy atom. The lowest BCUT2D eigenvalue weighted by Crippen LogP contribution is -2.11. The second kappa shape index (κ2) is 7.54. The second-order valence-electron chi connectivity index (χ2n) is 5.54. The summed E-state index contributed by atoms with van der Waals surface area (Å²) in [7, 11) is -3.53. The van der Waals surface area contributed by atoms with Gasteiger partial charge in [0, 0.05) is 0 Å². The molecular weight excluding hydrogens is 376 g/mol. The van der Waals surface area contributed by atoms with Crippen molar-refractivity contribution in [2.45, 2.75) is 0 Å². The van der Waals surface area contributed by atoms with Gasteiger partial charge < -0.3 is 10.6 Å². The SMILES string of the molecule is CS(=O)(=O)Nc1ccccc1Nc1nc(Nc2ccccc2F)ncc1F. The molecule has 0 aliphatic carbocycles. The molecule has 1 aromatic heterocycles. The fraction of sp³-hybridized carbons (Fsp3) is 0.0588. The topological polar surface area (TPSA) is 96.0 Å². The van der Waals surface area contributed by atoms with Crippen molar-refractivity contribution in [3.63, 3.8) is 0 Å². The Hall–Kier alpha value is -3.27. The molecule has 1 heterocycles. The van der Waals surface area contributed by atoms with Gasteiger partial charge in [-0.15, -0.1) is 0 Å². The quantitative estimate of drug-likeness (QED) is 0.594. The molecule has 140 valence electrons. The Labute approximate surface area is 154 Å². The number of halogens is 2. The summed E-state index contributed by atoms with van der Waals surface area (Å²) in [5, 5.41) is 5.38. The van der Waals surface area contributed by atoms with Crippen LogP contribution < -0.4 is 15.4 Å². The Kier molecular flexibility index (Phi) is 5.17. The van der Waals surface area contributed by atoms with Crippen LogP contribution in [0.15, 0.2) is 54.7 Å². The summed E-state index contributed by atoms with van der Waals surface area (Å²) in [6, 6.07) is 12.2. The van der Waals surface area contributed by atoms with E-state index in [0.717, 1.165) is 12.5 Å². The lowest BCUT2D eigenvalue weighted by atomic mass is 10.2. The molecule has 0 aliphatic heterocycles. The zero-order valence-electron chi connectivity index (χ0n) is 14.1. The molecule has 0 bridgehead atoms. The molecule has 10 heteroatoms. The van der Waals surface area contributed by atoms with Crippen LogP contribution in [0.5, 0.6) is 0 Å². The Balaban J connectivity index is 1.89. The van der Waals surface area contributed by atoms with Gasteiger partial charge in [-0.2, -0.15) is 4.98 Å². The molecule has 0 amide bonds. The Bertz CT molecular complexity index is 1080. The Morgan fingerprint density at radius 2 is 1.48 bits per heavy atom. The van der Waals surface area contributed by atoms with Crippen molar-refractivity contribution in [3.05, 3.63) is 66.4 Å². The Morgan fingerprint density at radius 3 is 2.15 bits per heavy atom. The van der Waals surface area contributed by atoms with Crippen LogP contribution in [0.1, 0.15) is 0 Å². The van der Waals surface area contributed by atoms with Crippen molar-refractivity contribution in [3.8, 4) is 0 Å². The highest BCUT2D eigenvalue weighted by molar-refractivity contribution is 7.92. The van der Waals surface area contributed by atoms with Crippen molar-refractivity contribution in [2.75, 3.05) is 21.6 Å². The van der Waals surface area contributed by atoms with Gasteiger partial charge in [0.15, 0.2) is 11.6 Å². The van der Waals surface area contributed by atoms with Crippen LogP contribution in [0.25, 0.3) is 0 Å². The predicted octanol–water partition coefficient (Wildman–Crippen LogP) is 3.61. The maximum atomic E-state index is 14.1. The van der Waals surface area contributed by atoms with E-state index in [1.54, 1.807) is 24.3 Å². The van der Waals surface area contributed by atoms with Crippen LogP contribution in [0, 0.1) is 11.6 Å². The molecule has 3 rings (SSSR count). The third-order valence-corrected chi connectivity index (χ3v) is 3.93. The molecule has 3 aromatic rings. The van der Waals surface area contributed by atoms with Crippen molar-refractivity contribution in [1.29, 1.82) is 0 Å². The zero-order valence-corrected chi connectivity index (χ0v) is 14.9. The normalized spacial score (nSPS) is 11.1. The van der Waals surface area contributed by atoms with Gasteiger partial charge in [-0.1, -0.05) is 24.3 Å². The van der Waals surface area contributed by atoms with Gasteiger partial charge in [-0.05, 0) is 24.3 Å². The largest absolute Gasteiger partial charge is 0.336 e. The molecule has 0 fully saturated rings. The lowest BCUT2D eigenvalue weighted by molar-refractivity contribution is 0.607. The highest BCUT2D eigenvalue weighted by Crippen LogP contribution is 2.27. The van der Waals surface area contributed by atoms with Crippen molar-refractivity contribution in [2.24, 2.45) is 0 Å². The monoisotopic (exact) mass is 391 g/mol. The molecule has 0 aliphatic rings. The number of hydrogen-bond donors (Lipinski definition) is 3. The van der Waals surface area contributed by atoms with Gasteiger partial charge in [0.1, 0.15) is 5.82 Å². The number of rotatable bonds is 6. The predicted molar refractivity (Wildman–Crippen MR) is 99.9 cm³/mol. The first-order chi connectivity index (χ1) is 12.8. The summed E-state index contributed by atoms with van der Waals surface area (Å²) in [4.78, 5) is 7.77. The average Bonchev–Trinajstić information content (AvgIpc) is 2.60. The standard InChI is InChI=1S/C17H15F2N5O2S/c1-27(25,26)24-15-9-5-4-8-14(15)21-16-12(19)10-20-17(23-16)22-13-7-3-2-6-11(13)18/h2-10,24H,1H3,(H2,20,21,22,23). The van der Waals surface area contributed by atoms with Gasteiger partial charge in [-0.3, -0.25) is 4.72 Å². The number of hydrogen-bond acceptors (Lipinski definition) is 6. The first-order valence-corrected chi connectivity index (χ1v) is 9.59. The van der Waals surface area contributed by atoms with Crippen molar-refractivity contribution < 1.29 is 17.2 Å². The van der Waals surface area contributed by atoms with E-state index in [-0.39, 0.29) is 28.8 Å². The maximum absolute atomic E-state index is 14.1. The number of anilines is 5. The summed E-state index contributed by atoms with van der Waals surface area (Å²) in [5.41, 5.74) is 0.646. The van der Waals surface area contributed by atoms with Gasteiger partial charge in [-0.25, -0.2) is 22.2 Å². The summed E-state index contributed by atoms with van der Waals surface area (Å²) in [5.74, 6) is -1.50. The van der Waals surface area contributed by atoms with Crippen molar-refractivity contribution in [1.82, 2.24) is 9.97 Å². The number of nitrogens with zero attached hydrogens (tertiary/aromatic N) is 2. The van der Waals surface area contributed by atoms with E-state index in [2.05, 4.69) is 25.3 Å². The van der Waals surface area contributed by atoms with E-state index in [4.69, 9.17) is 0 Å². The molecule has 0 unspecified atom stereocenters. The molecule has 0 saturated carbocycles. The van der Waals surface area contributed by atoms with Crippen molar-refractivity contribution >= 4 is 38.9 Å². The van der Waals surface area contributed by atoms with Crippen LogP contribution in [0.4, 0.5) is 37.6 Å². The van der Waals surface area contributed by atoms with Crippen LogP contribution >= 0.6 is 0 Å². The third-order valence-electron chi connectivity index (χ3n) is 3.34. The highest BCUT2D eigenvalue weighted by atomic mass is 32.2. The summed E-state index contributed by atoms with van der Waals surface area (Å²) >= 11 is 0. The number of sulfonamides is 1. The molecule has 3 N–H and O–H groups in total. The molecule has 27 heavy (non-hydrogen) atoms. The smallest absolute Gasteiger partial charge is 0.229 e. The maximum Gasteiger partial charge on any atom is 0.229 e. The van der Waals surface area contributed by atoms with Gasteiger partial charge in [0.25, 0.3) is 0 Å². The summed E-state index contributed by atoms with van der Waals surface area (Å²) in [6.07, 6.45) is 1.93. The molecular formula is C17H15F2N5O2S. The third kappa shape index (κ3) is 4.88. The molecule has 0 saturated heterocycles. The van der Waals surface area contributed by atoms with E-state index in [1.807, 2.05) is 0 Å². The minimum Gasteiger partial charge on any atom is -0.336 e. The van der Waals surface area contributed by atoms with Crippen LogP contribution in [-0.2, 0) is 10.0 Å². The lowest BCUT2D eigenvalue weighted by Gasteiger charge is -2.13. The summed E-state index contributed by atoms with van der Waals surface area (Å²) < 4.78 is 53.1. The first-order valence-electron chi connectivity index (χ1n) is 7.70. The average molecular weight is 391 g/mol. The van der Waals surface area contributed by atoms with Gasteiger partial charge in [0.2, 0.25) is 16.0 Å². The summed E-state index contributed by atoms with van der Waals surface area (Å²) in [6.45, 7) is 0. The van der Waals surface area contributed by atoms with Gasteiger partial charge in [0.05, 0.1) is 29.5 Å². The minimum atomic E-state index is -3.53. The second-order valence-corrected chi connectivity index (χ2v) is 7.29. The fourth-order valence-electron chi connectivity index (χ4n) is 2.21. The van der Waals surface area contributed by atoms with E-state index < -0.39 is 21.7 Å². The first kappa shape index (κ1) is 18.5. The number of aromatic nitrogens is 2. The van der Waals surface area contributed by atoms with Crippen LogP contribution in [0.3, 0.4) is 0 Å². The zero-order chi connectivity index (χ0) is 19.4. The molecule has 2 aromatic carbocycles.